The van der Waals surface area contributed by atoms with Crippen LogP contribution >= 0.6 is 11.6 Å². The first-order valence-corrected chi connectivity index (χ1v) is 4.27. The molecule has 0 saturated heterocycles. The van der Waals surface area contributed by atoms with Gasteiger partial charge in [-0.05, 0) is 29.7 Å². The van der Waals surface area contributed by atoms with Crippen molar-refractivity contribution in [3.8, 4) is 0 Å². The molecule has 0 amide bonds. The molecule has 1 aromatic carbocycles. The molecule has 0 aliphatic heterocycles. The topological polar surface area (TPSA) is 17.1 Å². The largest absolute Gasteiger partial charge is 0.298 e. The SMILES string of the molecule is CC(C)c1cc(Cl)cc(C=O)c1. The maximum Gasteiger partial charge on any atom is 0.150 e. The summed E-state index contributed by atoms with van der Waals surface area (Å²) in [5, 5.41) is 0.628. The standard InChI is InChI=1S/C10H11ClO/c1-7(2)9-3-8(6-12)4-10(11)5-9/h3-7H,1-2H3. The van der Waals surface area contributed by atoms with Gasteiger partial charge in [-0.3, -0.25) is 4.79 Å². The molecule has 0 bridgehead atoms. The number of benzene rings is 1. The zero-order chi connectivity index (χ0) is 9.14. The lowest BCUT2D eigenvalue weighted by Gasteiger charge is -2.05. The van der Waals surface area contributed by atoms with Gasteiger partial charge in [0.2, 0.25) is 0 Å². The average Bonchev–Trinajstić information content (AvgIpc) is 2.03. The van der Waals surface area contributed by atoms with Gasteiger partial charge in [-0.2, -0.15) is 0 Å². The fraction of sp³-hybridized carbons (Fsp3) is 0.300. The molecule has 0 unspecified atom stereocenters. The van der Waals surface area contributed by atoms with Crippen molar-refractivity contribution in [2.24, 2.45) is 0 Å². The normalized spacial score (nSPS) is 10.3. The highest BCUT2D eigenvalue weighted by atomic mass is 35.5. The zero-order valence-corrected chi connectivity index (χ0v) is 7.93. The predicted molar refractivity (Wildman–Crippen MR) is 50.9 cm³/mol. The van der Waals surface area contributed by atoms with Crippen LogP contribution in [0.2, 0.25) is 5.02 Å². The van der Waals surface area contributed by atoms with Crippen LogP contribution in [-0.4, -0.2) is 6.29 Å². The smallest absolute Gasteiger partial charge is 0.150 e. The zero-order valence-electron chi connectivity index (χ0n) is 7.17. The lowest BCUT2D eigenvalue weighted by atomic mass is 10.0. The van der Waals surface area contributed by atoms with Crippen molar-refractivity contribution in [2.75, 3.05) is 0 Å². The van der Waals surface area contributed by atoms with E-state index in [9.17, 15) is 4.79 Å². The van der Waals surface area contributed by atoms with E-state index in [2.05, 4.69) is 13.8 Å². The fourth-order valence-corrected chi connectivity index (χ4v) is 1.29. The molecule has 1 aromatic rings. The molecule has 0 atom stereocenters. The van der Waals surface area contributed by atoms with Crippen molar-refractivity contribution in [2.45, 2.75) is 19.8 Å². The average molecular weight is 183 g/mol. The first-order valence-electron chi connectivity index (χ1n) is 3.89. The van der Waals surface area contributed by atoms with Gasteiger partial charge >= 0.3 is 0 Å². The van der Waals surface area contributed by atoms with Crippen LogP contribution in [0.4, 0.5) is 0 Å². The van der Waals surface area contributed by atoms with E-state index in [0.717, 1.165) is 11.8 Å². The van der Waals surface area contributed by atoms with E-state index < -0.39 is 0 Å². The van der Waals surface area contributed by atoms with Crippen molar-refractivity contribution >= 4 is 17.9 Å². The fourth-order valence-electron chi connectivity index (χ4n) is 1.04. The predicted octanol–water partition coefficient (Wildman–Crippen LogP) is 3.28. The Morgan fingerprint density at radius 2 is 2.00 bits per heavy atom. The maximum atomic E-state index is 10.5. The third kappa shape index (κ3) is 2.08. The lowest BCUT2D eigenvalue weighted by molar-refractivity contribution is 0.112. The molecule has 0 aromatic heterocycles. The Bertz CT molecular complexity index is 292. The Labute approximate surface area is 77.4 Å². The Kier molecular flexibility index (Phi) is 2.88. The summed E-state index contributed by atoms with van der Waals surface area (Å²) >= 11 is 5.81. The van der Waals surface area contributed by atoms with Gasteiger partial charge in [-0.1, -0.05) is 25.4 Å². The second kappa shape index (κ2) is 3.72. The van der Waals surface area contributed by atoms with Gasteiger partial charge in [-0.15, -0.1) is 0 Å². The number of rotatable bonds is 2. The number of carbonyl (C=O) groups excluding carboxylic acids is 1. The van der Waals surface area contributed by atoms with Crippen LogP contribution in [0.1, 0.15) is 35.7 Å². The summed E-state index contributed by atoms with van der Waals surface area (Å²) in [5.41, 5.74) is 1.75. The molecule has 0 heterocycles. The number of carbonyl (C=O) groups is 1. The molecular weight excluding hydrogens is 172 g/mol. The van der Waals surface area contributed by atoms with Crippen molar-refractivity contribution < 1.29 is 4.79 Å². The molecule has 2 heteroatoms. The third-order valence-electron chi connectivity index (χ3n) is 1.75. The molecule has 1 nitrogen and oxygen atoms in total. The van der Waals surface area contributed by atoms with Crippen LogP contribution < -0.4 is 0 Å². The highest BCUT2D eigenvalue weighted by molar-refractivity contribution is 6.30. The van der Waals surface area contributed by atoms with E-state index in [0.29, 0.717) is 16.5 Å². The number of halogens is 1. The summed E-state index contributed by atoms with van der Waals surface area (Å²) < 4.78 is 0. The summed E-state index contributed by atoms with van der Waals surface area (Å²) in [6.07, 6.45) is 0.817. The molecule has 0 spiro atoms. The molecule has 0 N–H and O–H groups in total. The van der Waals surface area contributed by atoms with Crippen molar-refractivity contribution in [3.63, 3.8) is 0 Å². The minimum atomic E-state index is 0.405. The van der Waals surface area contributed by atoms with E-state index in [-0.39, 0.29) is 0 Å². The van der Waals surface area contributed by atoms with E-state index in [1.165, 1.54) is 0 Å². The van der Waals surface area contributed by atoms with Crippen LogP contribution in [0.3, 0.4) is 0 Å². The third-order valence-corrected chi connectivity index (χ3v) is 1.96. The van der Waals surface area contributed by atoms with Crippen LogP contribution in [0, 0.1) is 0 Å². The maximum absolute atomic E-state index is 10.5. The molecular formula is C10H11ClO. The van der Waals surface area contributed by atoms with Gasteiger partial charge in [0.25, 0.3) is 0 Å². The summed E-state index contributed by atoms with van der Waals surface area (Å²) in [4.78, 5) is 10.5. The monoisotopic (exact) mass is 182 g/mol. The quantitative estimate of drug-likeness (QED) is 0.642. The van der Waals surface area contributed by atoms with Gasteiger partial charge < -0.3 is 0 Å². The van der Waals surface area contributed by atoms with Gasteiger partial charge in [-0.25, -0.2) is 0 Å². The summed E-state index contributed by atoms with van der Waals surface area (Å²) in [7, 11) is 0. The van der Waals surface area contributed by atoms with E-state index in [1.54, 1.807) is 6.07 Å². The van der Waals surface area contributed by atoms with Gasteiger partial charge in [0.05, 0.1) is 0 Å². The molecule has 0 aliphatic carbocycles. The Balaban J connectivity index is 3.14. The Hall–Kier alpha value is -0.820. The Morgan fingerprint density at radius 3 is 2.50 bits per heavy atom. The van der Waals surface area contributed by atoms with Gasteiger partial charge in [0.15, 0.2) is 0 Å². The highest BCUT2D eigenvalue weighted by Crippen LogP contribution is 2.20. The van der Waals surface area contributed by atoms with Crippen LogP contribution in [0.5, 0.6) is 0 Å². The molecule has 12 heavy (non-hydrogen) atoms. The second-order valence-corrected chi connectivity index (χ2v) is 3.53. The molecule has 1 rings (SSSR count). The van der Waals surface area contributed by atoms with Crippen LogP contribution in [0.15, 0.2) is 18.2 Å². The minimum Gasteiger partial charge on any atom is -0.298 e. The van der Waals surface area contributed by atoms with Crippen molar-refractivity contribution in [1.82, 2.24) is 0 Å². The van der Waals surface area contributed by atoms with Crippen molar-refractivity contribution in [3.05, 3.63) is 34.3 Å². The Morgan fingerprint density at radius 1 is 1.33 bits per heavy atom. The molecule has 0 fully saturated rings. The van der Waals surface area contributed by atoms with E-state index >= 15 is 0 Å². The molecule has 0 aliphatic rings. The summed E-state index contributed by atoms with van der Waals surface area (Å²) in [5.74, 6) is 0.405. The van der Waals surface area contributed by atoms with Crippen LogP contribution in [-0.2, 0) is 0 Å². The highest BCUT2D eigenvalue weighted by Gasteiger charge is 2.02. The number of hydrogen-bond acceptors (Lipinski definition) is 1. The molecule has 0 radical (unpaired) electrons. The van der Waals surface area contributed by atoms with Crippen LogP contribution in [0.25, 0.3) is 0 Å². The van der Waals surface area contributed by atoms with Gasteiger partial charge in [0, 0.05) is 10.6 Å². The van der Waals surface area contributed by atoms with Crippen molar-refractivity contribution in [1.29, 1.82) is 0 Å². The second-order valence-electron chi connectivity index (χ2n) is 3.09. The molecule has 0 saturated carbocycles. The number of aldehydes is 1. The first kappa shape index (κ1) is 9.27. The first-order chi connectivity index (χ1) is 5.63. The van der Waals surface area contributed by atoms with E-state index in [1.807, 2.05) is 12.1 Å². The minimum absolute atomic E-state index is 0.405. The lowest BCUT2D eigenvalue weighted by Crippen LogP contribution is -1.89. The van der Waals surface area contributed by atoms with Gasteiger partial charge in [0.1, 0.15) is 6.29 Å². The molecule has 64 valence electrons. The summed E-state index contributed by atoms with van der Waals surface area (Å²) in [6, 6.07) is 5.42. The summed E-state index contributed by atoms with van der Waals surface area (Å²) in [6.45, 7) is 4.14. The number of hydrogen-bond donors (Lipinski definition) is 0. The van der Waals surface area contributed by atoms with E-state index in [4.69, 9.17) is 11.6 Å².